The fourth-order valence-corrected chi connectivity index (χ4v) is 2.64. The van der Waals surface area contributed by atoms with Crippen molar-refractivity contribution in [3.8, 4) is 5.75 Å². The van der Waals surface area contributed by atoms with Crippen LogP contribution in [0.1, 0.15) is 16.7 Å². The van der Waals surface area contributed by atoms with Gasteiger partial charge in [-0.15, -0.1) is 0 Å². The summed E-state index contributed by atoms with van der Waals surface area (Å²) >= 11 is 0. The minimum Gasteiger partial charge on any atom is -0.489 e. The van der Waals surface area contributed by atoms with E-state index in [-0.39, 0.29) is 24.9 Å². The maximum absolute atomic E-state index is 13.6. The number of nitrogens with zero attached hydrogens (tertiary/aromatic N) is 1. The lowest BCUT2D eigenvalue weighted by Gasteiger charge is -2.10. The molecule has 0 atom stereocenters. The van der Waals surface area contributed by atoms with Crippen LogP contribution in [0.15, 0.2) is 42.5 Å². The fraction of sp³-hybridized carbons (Fsp3) is 0.235. The number of hydrogen-bond acceptors (Lipinski definition) is 3. The van der Waals surface area contributed by atoms with Crippen LogP contribution in [0.2, 0.25) is 0 Å². The van der Waals surface area contributed by atoms with E-state index >= 15 is 0 Å². The molecular formula is C17H17FN2O2. The SMILES string of the molecule is NC(=O)CN1Cc2ccc(OCc3ccccc3F)cc2C1. The Morgan fingerprint density at radius 3 is 2.73 bits per heavy atom. The van der Waals surface area contributed by atoms with E-state index in [1.165, 1.54) is 11.6 Å². The molecule has 1 aliphatic rings. The van der Waals surface area contributed by atoms with E-state index < -0.39 is 0 Å². The first-order chi connectivity index (χ1) is 10.6. The number of carbonyl (C=O) groups excluding carboxylic acids is 1. The van der Waals surface area contributed by atoms with Crippen LogP contribution >= 0.6 is 0 Å². The van der Waals surface area contributed by atoms with E-state index in [0.717, 1.165) is 5.56 Å². The van der Waals surface area contributed by atoms with Gasteiger partial charge in [0.25, 0.3) is 0 Å². The summed E-state index contributed by atoms with van der Waals surface area (Å²) < 4.78 is 19.2. The Morgan fingerprint density at radius 1 is 1.18 bits per heavy atom. The summed E-state index contributed by atoms with van der Waals surface area (Å²) in [4.78, 5) is 13.0. The van der Waals surface area contributed by atoms with Crippen molar-refractivity contribution in [2.24, 2.45) is 5.73 Å². The molecule has 2 N–H and O–H groups in total. The maximum atomic E-state index is 13.6. The molecule has 114 valence electrons. The van der Waals surface area contributed by atoms with Crippen molar-refractivity contribution < 1.29 is 13.9 Å². The number of benzene rings is 2. The Hall–Kier alpha value is -2.40. The van der Waals surface area contributed by atoms with E-state index in [0.29, 0.717) is 24.4 Å². The summed E-state index contributed by atoms with van der Waals surface area (Å²) in [7, 11) is 0. The average Bonchev–Trinajstić information content (AvgIpc) is 2.87. The van der Waals surface area contributed by atoms with Gasteiger partial charge < -0.3 is 10.5 Å². The monoisotopic (exact) mass is 300 g/mol. The van der Waals surface area contributed by atoms with Crippen LogP contribution in [0.5, 0.6) is 5.75 Å². The van der Waals surface area contributed by atoms with Crippen LogP contribution in [0.25, 0.3) is 0 Å². The van der Waals surface area contributed by atoms with Gasteiger partial charge in [-0.1, -0.05) is 24.3 Å². The highest BCUT2D eigenvalue weighted by molar-refractivity contribution is 5.76. The summed E-state index contributed by atoms with van der Waals surface area (Å²) in [5.41, 5.74) is 8.03. The summed E-state index contributed by atoms with van der Waals surface area (Å²) in [5, 5.41) is 0. The van der Waals surface area contributed by atoms with Crippen molar-refractivity contribution in [1.82, 2.24) is 4.90 Å². The smallest absolute Gasteiger partial charge is 0.231 e. The molecule has 0 bridgehead atoms. The molecule has 5 heteroatoms. The van der Waals surface area contributed by atoms with Crippen molar-refractivity contribution in [2.45, 2.75) is 19.7 Å². The molecule has 1 amide bonds. The highest BCUT2D eigenvalue weighted by atomic mass is 19.1. The van der Waals surface area contributed by atoms with E-state index in [1.807, 2.05) is 23.1 Å². The lowest BCUT2D eigenvalue weighted by Crippen LogP contribution is -2.29. The quantitative estimate of drug-likeness (QED) is 0.921. The number of hydrogen-bond donors (Lipinski definition) is 1. The molecule has 0 spiro atoms. The average molecular weight is 300 g/mol. The number of amides is 1. The molecule has 0 aliphatic carbocycles. The fourth-order valence-electron chi connectivity index (χ4n) is 2.64. The lowest BCUT2D eigenvalue weighted by molar-refractivity contribution is -0.119. The van der Waals surface area contributed by atoms with Crippen molar-refractivity contribution in [3.05, 3.63) is 65.0 Å². The minimum absolute atomic E-state index is 0.191. The number of carbonyl (C=O) groups is 1. The van der Waals surface area contributed by atoms with Gasteiger partial charge in [0.2, 0.25) is 5.91 Å². The van der Waals surface area contributed by atoms with E-state index in [9.17, 15) is 9.18 Å². The Labute approximate surface area is 128 Å². The molecule has 0 saturated heterocycles. The Bertz CT molecular complexity index is 703. The third kappa shape index (κ3) is 3.26. The lowest BCUT2D eigenvalue weighted by atomic mass is 10.1. The number of halogens is 1. The number of ether oxygens (including phenoxy) is 1. The molecule has 0 aromatic heterocycles. The van der Waals surface area contributed by atoms with Gasteiger partial charge >= 0.3 is 0 Å². The highest BCUT2D eigenvalue weighted by Crippen LogP contribution is 2.27. The predicted octanol–water partition coefficient (Wildman–Crippen LogP) is 2.21. The first-order valence-corrected chi connectivity index (χ1v) is 7.10. The molecule has 0 radical (unpaired) electrons. The van der Waals surface area contributed by atoms with Crippen LogP contribution in [0, 0.1) is 5.82 Å². The highest BCUT2D eigenvalue weighted by Gasteiger charge is 2.20. The van der Waals surface area contributed by atoms with Crippen molar-refractivity contribution in [3.63, 3.8) is 0 Å². The van der Waals surface area contributed by atoms with Gasteiger partial charge in [0, 0.05) is 18.7 Å². The zero-order valence-corrected chi connectivity index (χ0v) is 12.1. The molecular weight excluding hydrogens is 283 g/mol. The molecule has 1 heterocycles. The summed E-state index contributed by atoms with van der Waals surface area (Å²) in [6.45, 7) is 1.83. The summed E-state index contributed by atoms with van der Waals surface area (Å²) in [5.74, 6) is 0.100. The Morgan fingerprint density at radius 2 is 1.95 bits per heavy atom. The molecule has 0 fully saturated rings. The molecule has 2 aromatic carbocycles. The second-order valence-electron chi connectivity index (χ2n) is 5.42. The molecule has 0 saturated carbocycles. The summed E-state index contributed by atoms with van der Waals surface area (Å²) in [6, 6.07) is 12.4. The van der Waals surface area contributed by atoms with Crippen LogP contribution in [-0.2, 0) is 24.5 Å². The van der Waals surface area contributed by atoms with Gasteiger partial charge in [0.1, 0.15) is 18.2 Å². The van der Waals surface area contributed by atoms with Crippen molar-refractivity contribution in [2.75, 3.05) is 6.54 Å². The zero-order valence-electron chi connectivity index (χ0n) is 12.1. The first-order valence-electron chi connectivity index (χ1n) is 7.10. The number of nitrogens with two attached hydrogens (primary N) is 1. The second kappa shape index (κ2) is 6.15. The largest absolute Gasteiger partial charge is 0.489 e. The maximum Gasteiger partial charge on any atom is 0.231 e. The first kappa shape index (κ1) is 14.5. The van der Waals surface area contributed by atoms with Crippen LogP contribution < -0.4 is 10.5 Å². The molecule has 4 nitrogen and oxygen atoms in total. The van der Waals surface area contributed by atoms with Crippen molar-refractivity contribution in [1.29, 1.82) is 0 Å². The predicted molar refractivity (Wildman–Crippen MR) is 80.5 cm³/mol. The van der Waals surface area contributed by atoms with Crippen molar-refractivity contribution >= 4 is 5.91 Å². The zero-order chi connectivity index (χ0) is 15.5. The number of primary amides is 1. The van der Waals surface area contributed by atoms with E-state index in [4.69, 9.17) is 10.5 Å². The molecule has 1 aliphatic heterocycles. The Balaban J connectivity index is 1.66. The normalized spacial score (nSPS) is 13.9. The minimum atomic E-state index is -0.330. The van der Waals surface area contributed by atoms with Crippen LogP contribution in [-0.4, -0.2) is 17.4 Å². The van der Waals surface area contributed by atoms with E-state index in [1.54, 1.807) is 18.2 Å². The van der Waals surface area contributed by atoms with Gasteiger partial charge in [0.15, 0.2) is 0 Å². The third-order valence-electron chi connectivity index (χ3n) is 3.70. The molecule has 3 rings (SSSR count). The van der Waals surface area contributed by atoms with Gasteiger partial charge in [-0.25, -0.2) is 4.39 Å². The summed E-state index contributed by atoms with van der Waals surface area (Å²) in [6.07, 6.45) is 0. The topological polar surface area (TPSA) is 55.6 Å². The van der Waals surface area contributed by atoms with Crippen LogP contribution in [0.4, 0.5) is 4.39 Å². The standard InChI is InChI=1S/C17H17FN2O2/c18-16-4-2-1-3-13(16)11-22-15-6-5-12-8-20(10-17(19)21)9-14(12)7-15/h1-7H,8-11H2,(H2,19,21). The Kier molecular flexibility index (Phi) is 4.06. The van der Waals surface area contributed by atoms with E-state index in [2.05, 4.69) is 0 Å². The molecule has 2 aromatic rings. The third-order valence-corrected chi connectivity index (χ3v) is 3.70. The number of fused-ring (bicyclic) bond motifs is 1. The van der Waals surface area contributed by atoms with Gasteiger partial charge in [0.05, 0.1) is 6.54 Å². The van der Waals surface area contributed by atoms with Gasteiger partial charge in [-0.2, -0.15) is 0 Å². The second-order valence-corrected chi connectivity index (χ2v) is 5.42. The molecule has 0 unspecified atom stereocenters. The number of rotatable bonds is 5. The van der Waals surface area contributed by atoms with Gasteiger partial charge in [-0.3, -0.25) is 9.69 Å². The van der Waals surface area contributed by atoms with Gasteiger partial charge in [-0.05, 0) is 29.3 Å². The van der Waals surface area contributed by atoms with Crippen LogP contribution in [0.3, 0.4) is 0 Å². The molecule has 22 heavy (non-hydrogen) atoms.